The van der Waals surface area contributed by atoms with E-state index < -0.39 is 11.5 Å². The van der Waals surface area contributed by atoms with Crippen molar-refractivity contribution in [2.45, 2.75) is 13.8 Å². The van der Waals surface area contributed by atoms with E-state index in [1.165, 1.54) is 13.2 Å². The molecule has 0 aliphatic heterocycles. The summed E-state index contributed by atoms with van der Waals surface area (Å²) >= 11 is 0. The van der Waals surface area contributed by atoms with Crippen LogP contribution >= 0.6 is 0 Å². The summed E-state index contributed by atoms with van der Waals surface area (Å²) in [5, 5.41) is 21.6. The van der Waals surface area contributed by atoms with Crippen LogP contribution in [0.4, 0.5) is 0 Å². The Morgan fingerprint density at radius 1 is 0.955 bits per heavy atom. The monoisotopic (exact) mass is 300 g/mol. The van der Waals surface area contributed by atoms with Gasteiger partial charge in [-0.3, -0.25) is 4.79 Å². The van der Waals surface area contributed by atoms with Gasteiger partial charge in [0.15, 0.2) is 17.3 Å². The number of carbonyl (C=O) groups is 1. The topological polar surface area (TPSA) is 76.0 Å². The van der Waals surface area contributed by atoms with Gasteiger partial charge in [-0.15, -0.1) is 0 Å². The second kappa shape index (κ2) is 4.66. The van der Waals surface area contributed by atoms with Crippen molar-refractivity contribution in [2.24, 2.45) is 0 Å². The van der Waals surface area contributed by atoms with Gasteiger partial charge in [0.2, 0.25) is 5.75 Å². The summed E-state index contributed by atoms with van der Waals surface area (Å²) in [6, 6.07) is 1.83. The fraction of sp³-hybridized carbons (Fsp3) is 0.235. The number of hydrogen-bond donors (Lipinski definition) is 2. The van der Waals surface area contributed by atoms with Gasteiger partial charge in [-0.25, -0.2) is 0 Å². The lowest BCUT2D eigenvalue weighted by atomic mass is 9.84. The van der Waals surface area contributed by atoms with Crippen molar-refractivity contribution < 1.29 is 24.5 Å². The Morgan fingerprint density at radius 3 is 2.23 bits per heavy atom. The minimum Gasteiger partial charge on any atom is -0.504 e. The third-order valence-electron chi connectivity index (χ3n) is 4.05. The SMILES string of the molecule is COc1cc(C)c2c(OC)c(O)c(O)c3c2c1C(C)=CC3=O. The molecule has 2 aromatic rings. The summed E-state index contributed by atoms with van der Waals surface area (Å²) < 4.78 is 10.7. The molecule has 0 amide bonds. The van der Waals surface area contributed by atoms with Crippen LogP contribution in [-0.4, -0.2) is 30.2 Å². The highest BCUT2D eigenvalue weighted by molar-refractivity contribution is 6.26. The molecule has 0 fully saturated rings. The van der Waals surface area contributed by atoms with Crippen LogP contribution in [0, 0.1) is 6.92 Å². The molecule has 2 aromatic carbocycles. The van der Waals surface area contributed by atoms with Gasteiger partial charge in [-0.1, -0.05) is 0 Å². The number of ether oxygens (including phenoxy) is 2. The summed E-state index contributed by atoms with van der Waals surface area (Å²) in [6.45, 7) is 3.65. The molecule has 1 aliphatic rings. The van der Waals surface area contributed by atoms with E-state index in [9.17, 15) is 15.0 Å². The van der Waals surface area contributed by atoms with Crippen LogP contribution in [0.1, 0.15) is 28.4 Å². The zero-order valence-corrected chi connectivity index (χ0v) is 12.8. The Morgan fingerprint density at radius 2 is 1.64 bits per heavy atom. The number of benzene rings is 2. The van der Waals surface area contributed by atoms with Crippen LogP contribution < -0.4 is 9.47 Å². The maximum Gasteiger partial charge on any atom is 0.201 e. The second-order valence-corrected chi connectivity index (χ2v) is 5.32. The van der Waals surface area contributed by atoms with Gasteiger partial charge < -0.3 is 19.7 Å². The lowest BCUT2D eigenvalue weighted by Crippen LogP contribution is -2.08. The molecule has 0 unspecified atom stereocenters. The smallest absolute Gasteiger partial charge is 0.201 e. The molecule has 3 rings (SSSR count). The van der Waals surface area contributed by atoms with E-state index in [0.29, 0.717) is 16.5 Å². The molecule has 0 radical (unpaired) electrons. The minimum atomic E-state index is -0.466. The van der Waals surface area contributed by atoms with Crippen LogP contribution in [-0.2, 0) is 0 Å². The number of aryl methyl sites for hydroxylation is 1. The minimum absolute atomic E-state index is 0.0795. The number of carbonyl (C=O) groups excluding carboxylic acids is 1. The summed E-state index contributed by atoms with van der Waals surface area (Å²) in [6.07, 6.45) is 1.43. The molecule has 2 N–H and O–H groups in total. The first-order valence-electron chi connectivity index (χ1n) is 6.78. The number of phenolic OH excluding ortho intramolecular Hbond substituents is 2. The molecule has 5 nitrogen and oxygen atoms in total. The van der Waals surface area contributed by atoms with Crippen molar-refractivity contribution in [1.82, 2.24) is 0 Å². The highest BCUT2D eigenvalue weighted by atomic mass is 16.5. The number of hydrogen-bond acceptors (Lipinski definition) is 5. The zero-order valence-electron chi connectivity index (χ0n) is 12.8. The first-order chi connectivity index (χ1) is 10.4. The quantitative estimate of drug-likeness (QED) is 0.833. The van der Waals surface area contributed by atoms with Crippen molar-refractivity contribution in [1.29, 1.82) is 0 Å². The predicted molar refractivity (Wildman–Crippen MR) is 83.1 cm³/mol. The fourth-order valence-corrected chi connectivity index (χ4v) is 3.12. The Labute approximate surface area is 127 Å². The molecule has 5 heteroatoms. The molecule has 114 valence electrons. The van der Waals surface area contributed by atoms with Crippen molar-refractivity contribution in [3.05, 3.63) is 28.8 Å². The predicted octanol–water partition coefficient (Wildman–Crippen LogP) is 3.18. The fourth-order valence-electron chi connectivity index (χ4n) is 3.12. The standard InChI is InChI=1S/C17H16O5/c1-7-5-9(18)13-14-11(7)10(21-3)6-8(2)12(14)17(22-4)16(20)15(13)19/h5-6,19-20H,1-4H3. The molecular formula is C17H16O5. The van der Waals surface area contributed by atoms with E-state index in [1.807, 2.05) is 19.9 Å². The number of allylic oxidation sites excluding steroid dienone is 2. The van der Waals surface area contributed by atoms with Crippen molar-refractivity contribution in [2.75, 3.05) is 14.2 Å². The molecular weight excluding hydrogens is 284 g/mol. The number of methoxy groups -OCH3 is 2. The van der Waals surface area contributed by atoms with Crippen LogP contribution in [0.2, 0.25) is 0 Å². The number of ketones is 1. The molecule has 1 aliphatic carbocycles. The lowest BCUT2D eigenvalue weighted by Gasteiger charge is -2.23. The lowest BCUT2D eigenvalue weighted by molar-refractivity contribution is 0.104. The van der Waals surface area contributed by atoms with Gasteiger partial charge in [0.05, 0.1) is 19.8 Å². The average molecular weight is 300 g/mol. The van der Waals surface area contributed by atoms with Crippen molar-refractivity contribution in [3.8, 4) is 23.0 Å². The number of phenols is 2. The Hall–Kier alpha value is -2.69. The Bertz CT molecular complexity index is 862. The maximum absolute atomic E-state index is 12.3. The molecule has 22 heavy (non-hydrogen) atoms. The van der Waals surface area contributed by atoms with E-state index in [0.717, 1.165) is 16.7 Å². The van der Waals surface area contributed by atoms with Gasteiger partial charge in [0, 0.05) is 16.3 Å². The second-order valence-electron chi connectivity index (χ2n) is 5.32. The Balaban J connectivity index is 2.68. The first kappa shape index (κ1) is 14.3. The van der Waals surface area contributed by atoms with E-state index in [2.05, 4.69) is 0 Å². The molecule has 0 atom stereocenters. The first-order valence-corrected chi connectivity index (χ1v) is 6.78. The van der Waals surface area contributed by atoms with Crippen LogP contribution in [0.15, 0.2) is 12.1 Å². The average Bonchev–Trinajstić information content (AvgIpc) is 2.47. The van der Waals surface area contributed by atoms with Crippen LogP contribution in [0.25, 0.3) is 16.3 Å². The third-order valence-corrected chi connectivity index (χ3v) is 4.05. The summed E-state index contributed by atoms with van der Waals surface area (Å²) in [5.41, 5.74) is 2.33. The summed E-state index contributed by atoms with van der Waals surface area (Å²) in [5.74, 6) is -0.476. The third kappa shape index (κ3) is 1.62. The largest absolute Gasteiger partial charge is 0.504 e. The van der Waals surface area contributed by atoms with E-state index in [4.69, 9.17) is 9.47 Å². The highest BCUT2D eigenvalue weighted by Gasteiger charge is 2.31. The van der Waals surface area contributed by atoms with Gasteiger partial charge in [-0.2, -0.15) is 0 Å². The van der Waals surface area contributed by atoms with E-state index in [-0.39, 0.29) is 17.1 Å². The van der Waals surface area contributed by atoms with Crippen molar-refractivity contribution >= 4 is 22.1 Å². The van der Waals surface area contributed by atoms with Gasteiger partial charge in [-0.05, 0) is 37.1 Å². The van der Waals surface area contributed by atoms with E-state index >= 15 is 0 Å². The van der Waals surface area contributed by atoms with Gasteiger partial charge >= 0.3 is 0 Å². The van der Waals surface area contributed by atoms with Gasteiger partial charge in [0.1, 0.15) is 5.75 Å². The van der Waals surface area contributed by atoms with Crippen molar-refractivity contribution in [3.63, 3.8) is 0 Å². The molecule has 0 spiro atoms. The van der Waals surface area contributed by atoms with Crippen LogP contribution in [0.5, 0.6) is 23.0 Å². The molecule has 0 aromatic heterocycles. The molecule has 0 saturated heterocycles. The number of rotatable bonds is 2. The molecule has 0 heterocycles. The zero-order chi connectivity index (χ0) is 16.2. The van der Waals surface area contributed by atoms with Gasteiger partial charge in [0.25, 0.3) is 0 Å². The Kier molecular flexibility index (Phi) is 3.02. The molecule has 0 saturated carbocycles. The van der Waals surface area contributed by atoms with E-state index in [1.54, 1.807) is 7.11 Å². The maximum atomic E-state index is 12.3. The summed E-state index contributed by atoms with van der Waals surface area (Å²) in [7, 11) is 2.96. The number of aromatic hydroxyl groups is 2. The molecule has 0 bridgehead atoms. The highest BCUT2D eigenvalue weighted by Crippen LogP contribution is 2.52. The summed E-state index contributed by atoms with van der Waals surface area (Å²) in [4.78, 5) is 12.3. The normalized spacial score (nSPS) is 13.3. The van der Waals surface area contributed by atoms with Crippen LogP contribution in [0.3, 0.4) is 0 Å².